The molecule has 0 saturated carbocycles. The van der Waals surface area contributed by atoms with Crippen LogP contribution in [0.4, 0.5) is 5.13 Å². The minimum atomic E-state index is 0.0327. The maximum Gasteiger partial charge on any atom is 0.185 e. The van der Waals surface area contributed by atoms with Gasteiger partial charge in [-0.2, -0.15) is 0 Å². The number of anilines is 1. The summed E-state index contributed by atoms with van der Waals surface area (Å²) in [6, 6.07) is 0.658. The molecule has 1 fully saturated rings. The smallest absolute Gasteiger partial charge is 0.185 e. The van der Waals surface area contributed by atoms with Gasteiger partial charge in [0.15, 0.2) is 5.13 Å². The number of thiazole rings is 1. The van der Waals surface area contributed by atoms with Crippen LogP contribution in [0.15, 0.2) is 5.38 Å². The van der Waals surface area contributed by atoms with E-state index in [2.05, 4.69) is 34.1 Å². The van der Waals surface area contributed by atoms with Gasteiger partial charge in [0.1, 0.15) is 0 Å². The maximum absolute atomic E-state index is 5.86. The highest BCUT2D eigenvalue weighted by Crippen LogP contribution is 2.26. The zero-order valence-corrected chi connectivity index (χ0v) is 12.4. The molecule has 18 heavy (non-hydrogen) atoms. The summed E-state index contributed by atoms with van der Waals surface area (Å²) in [5.41, 5.74) is 6.87. The molecule has 2 N–H and O–H groups in total. The van der Waals surface area contributed by atoms with Crippen molar-refractivity contribution in [2.24, 2.45) is 5.73 Å². The number of nitrogens with two attached hydrogens (primary N) is 1. The van der Waals surface area contributed by atoms with Crippen LogP contribution in [-0.4, -0.2) is 42.6 Å². The van der Waals surface area contributed by atoms with E-state index in [1.54, 1.807) is 11.3 Å². The van der Waals surface area contributed by atoms with E-state index in [0.29, 0.717) is 6.04 Å². The average Bonchev–Trinajstić information content (AvgIpc) is 2.88. The summed E-state index contributed by atoms with van der Waals surface area (Å²) >= 11 is 1.71. The van der Waals surface area contributed by atoms with E-state index in [1.165, 1.54) is 32.5 Å². The number of likely N-dealkylation sites (tertiary alicyclic amines) is 1. The standard InChI is InChI=1S/C13H24N4S/c1-4-17-7-5-11(6-8-17)16(3)13-15-12(9-18-13)10(2)14/h9-11H,4-8,14H2,1-3H3. The zero-order valence-electron chi connectivity index (χ0n) is 11.6. The highest BCUT2D eigenvalue weighted by atomic mass is 32.1. The van der Waals surface area contributed by atoms with E-state index in [0.717, 1.165) is 10.8 Å². The van der Waals surface area contributed by atoms with Crippen molar-refractivity contribution in [3.05, 3.63) is 11.1 Å². The largest absolute Gasteiger partial charge is 0.348 e. The molecule has 0 spiro atoms. The van der Waals surface area contributed by atoms with Gasteiger partial charge in [0.25, 0.3) is 0 Å². The third-order valence-corrected chi connectivity index (χ3v) is 4.78. The van der Waals surface area contributed by atoms with Crippen LogP contribution in [0.25, 0.3) is 0 Å². The number of rotatable bonds is 4. The van der Waals surface area contributed by atoms with Crippen molar-refractivity contribution in [2.45, 2.75) is 38.8 Å². The molecule has 0 aromatic carbocycles. The topological polar surface area (TPSA) is 45.4 Å². The Labute approximate surface area is 114 Å². The second kappa shape index (κ2) is 5.99. The maximum atomic E-state index is 5.86. The predicted octanol–water partition coefficient (Wildman–Crippen LogP) is 2.08. The first-order chi connectivity index (χ1) is 8.61. The van der Waals surface area contributed by atoms with Crippen LogP contribution >= 0.6 is 11.3 Å². The van der Waals surface area contributed by atoms with E-state index < -0.39 is 0 Å². The van der Waals surface area contributed by atoms with Gasteiger partial charge < -0.3 is 15.5 Å². The van der Waals surface area contributed by atoms with Crippen LogP contribution < -0.4 is 10.6 Å². The molecule has 0 aliphatic carbocycles. The van der Waals surface area contributed by atoms with Crippen molar-refractivity contribution in [3.8, 4) is 0 Å². The highest BCUT2D eigenvalue weighted by Gasteiger charge is 2.23. The number of nitrogens with zero attached hydrogens (tertiary/aromatic N) is 3. The summed E-state index contributed by atoms with van der Waals surface area (Å²) in [4.78, 5) is 9.48. The van der Waals surface area contributed by atoms with Crippen molar-refractivity contribution >= 4 is 16.5 Å². The zero-order chi connectivity index (χ0) is 13.1. The number of piperidine rings is 1. The van der Waals surface area contributed by atoms with Crippen LogP contribution in [0.5, 0.6) is 0 Å². The van der Waals surface area contributed by atoms with Crippen molar-refractivity contribution in [1.29, 1.82) is 0 Å². The molecule has 2 heterocycles. The van der Waals surface area contributed by atoms with Gasteiger partial charge in [-0.15, -0.1) is 11.3 Å². The lowest BCUT2D eigenvalue weighted by Crippen LogP contribution is -2.43. The van der Waals surface area contributed by atoms with Gasteiger partial charge in [-0.25, -0.2) is 4.98 Å². The molecule has 0 amide bonds. The second-order valence-corrected chi connectivity index (χ2v) is 5.96. The van der Waals surface area contributed by atoms with Gasteiger partial charge in [-0.05, 0) is 26.3 Å². The monoisotopic (exact) mass is 268 g/mol. The Bertz CT molecular complexity index is 369. The molecule has 0 radical (unpaired) electrons. The van der Waals surface area contributed by atoms with Gasteiger partial charge in [-0.1, -0.05) is 6.92 Å². The van der Waals surface area contributed by atoms with E-state index in [-0.39, 0.29) is 6.04 Å². The molecule has 1 aromatic heterocycles. The molecule has 2 rings (SSSR count). The van der Waals surface area contributed by atoms with Crippen molar-refractivity contribution in [1.82, 2.24) is 9.88 Å². The van der Waals surface area contributed by atoms with Gasteiger partial charge >= 0.3 is 0 Å². The Morgan fingerprint density at radius 2 is 2.22 bits per heavy atom. The quantitative estimate of drug-likeness (QED) is 0.908. The van der Waals surface area contributed by atoms with E-state index >= 15 is 0 Å². The molecule has 1 aliphatic rings. The predicted molar refractivity (Wildman–Crippen MR) is 78.3 cm³/mol. The van der Waals surface area contributed by atoms with Crippen LogP contribution in [0.2, 0.25) is 0 Å². The molecular weight excluding hydrogens is 244 g/mol. The van der Waals surface area contributed by atoms with E-state index in [9.17, 15) is 0 Å². The summed E-state index contributed by atoms with van der Waals surface area (Å²) in [7, 11) is 2.16. The van der Waals surface area contributed by atoms with Gasteiger partial charge in [-0.3, -0.25) is 0 Å². The summed E-state index contributed by atoms with van der Waals surface area (Å²) in [6.45, 7) is 7.80. The summed E-state index contributed by atoms with van der Waals surface area (Å²) < 4.78 is 0. The Morgan fingerprint density at radius 3 is 2.72 bits per heavy atom. The third-order valence-electron chi connectivity index (χ3n) is 3.83. The van der Waals surface area contributed by atoms with Crippen LogP contribution in [0.1, 0.15) is 38.4 Å². The molecule has 1 unspecified atom stereocenters. The first-order valence-corrected chi connectivity index (χ1v) is 7.66. The molecule has 1 aromatic rings. The molecule has 5 heteroatoms. The Balaban J connectivity index is 1.96. The summed E-state index contributed by atoms with van der Waals surface area (Å²) in [6.07, 6.45) is 2.47. The molecule has 1 atom stereocenters. The fraction of sp³-hybridized carbons (Fsp3) is 0.769. The van der Waals surface area contributed by atoms with E-state index in [4.69, 9.17) is 5.73 Å². The van der Waals surface area contributed by atoms with Crippen LogP contribution in [-0.2, 0) is 0 Å². The minimum Gasteiger partial charge on any atom is -0.348 e. The molecule has 102 valence electrons. The van der Waals surface area contributed by atoms with Crippen molar-refractivity contribution in [2.75, 3.05) is 31.6 Å². The molecular formula is C13H24N4S. The van der Waals surface area contributed by atoms with Crippen LogP contribution in [0.3, 0.4) is 0 Å². The highest BCUT2D eigenvalue weighted by molar-refractivity contribution is 7.13. The normalized spacial score (nSPS) is 20.0. The Kier molecular flexibility index (Phi) is 4.59. The summed E-state index contributed by atoms with van der Waals surface area (Å²) in [5.74, 6) is 0. The number of hydrogen-bond donors (Lipinski definition) is 1. The van der Waals surface area contributed by atoms with Gasteiger partial charge in [0.05, 0.1) is 5.69 Å². The second-order valence-electron chi connectivity index (χ2n) is 5.12. The first kappa shape index (κ1) is 13.8. The fourth-order valence-electron chi connectivity index (χ4n) is 2.43. The van der Waals surface area contributed by atoms with Gasteiger partial charge in [0.2, 0.25) is 0 Å². The SMILES string of the molecule is CCN1CCC(N(C)c2nc(C(C)N)cs2)CC1. The van der Waals surface area contributed by atoms with Crippen molar-refractivity contribution < 1.29 is 0 Å². The molecule has 1 saturated heterocycles. The lowest BCUT2D eigenvalue weighted by molar-refractivity contribution is 0.221. The average molecular weight is 268 g/mol. The number of aromatic nitrogens is 1. The van der Waals surface area contributed by atoms with Gasteiger partial charge in [0, 0.05) is 37.6 Å². The summed E-state index contributed by atoms with van der Waals surface area (Å²) in [5, 5.41) is 3.19. The molecule has 0 bridgehead atoms. The Hall–Kier alpha value is -0.650. The lowest BCUT2D eigenvalue weighted by Gasteiger charge is -2.36. The number of hydrogen-bond acceptors (Lipinski definition) is 5. The Morgan fingerprint density at radius 1 is 1.56 bits per heavy atom. The molecule has 1 aliphatic heterocycles. The third kappa shape index (κ3) is 3.02. The van der Waals surface area contributed by atoms with E-state index in [1.807, 2.05) is 6.92 Å². The first-order valence-electron chi connectivity index (χ1n) is 6.78. The van der Waals surface area contributed by atoms with Crippen molar-refractivity contribution in [3.63, 3.8) is 0 Å². The minimum absolute atomic E-state index is 0.0327. The van der Waals surface area contributed by atoms with Crippen LogP contribution in [0, 0.1) is 0 Å². The molecule has 4 nitrogen and oxygen atoms in total. The fourth-order valence-corrected chi connectivity index (χ4v) is 3.39. The lowest BCUT2D eigenvalue weighted by atomic mass is 10.0.